The molecule has 0 aliphatic carbocycles. The first-order valence-electron chi connectivity index (χ1n) is 9.78. The second-order valence-electron chi connectivity index (χ2n) is 7.15. The van der Waals surface area contributed by atoms with Crippen LogP contribution in [0.5, 0.6) is 5.75 Å². The SMILES string of the molecule is O=C(CC(c1ccccc1)c1c(O)ccc2ccccc12)NCc1ccccc1. The number of amides is 1. The van der Waals surface area contributed by atoms with Crippen molar-refractivity contribution in [1.82, 2.24) is 5.32 Å². The fourth-order valence-electron chi connectivity index (χ4n) is 3.78. The molecule has 1 amide bonds. The van der Waals surface area contributed by atoms with Crippen LogP contribution in [0, 0.1) is 0 Å². The number of benzene rings is 4. The zero-order valence-corrected chi connectivity index (χ0v) is 16.1. The number of aromatic hydroxyl groups is 1. The van der Waals surface area contributed by atoms with Crippen molar-refractivity contribution < 1.29 is 9.90 Å². The molecule has 0 aliphatic rings. The van der Waals surface area contributed by atoms with Gasteiger partial charge >= 0.3 is 0 Å². The predicted molar refractivity (Wildman–Crippen MR) is 117 cm³/mol. The smallest absolute Gasteiger partial charge is 0.221 e. The van der Waals surface area contributed by atoms with Gasteiger partial charge in [-0.3, -0.25) is 4.79 Å². The van der Waals surface area contributed by atoms with Gasteiger partial charge in [0.05, 0.1) is 0 Å². The second kappa shape index (κ2) is 8.61. The van der Waals surface area contributed by atoms with Gasteiger partial charge in [-0.25, -0.2) is 0 Å². The van der Waals surface area contributed by atoms with Gasteiger partial charge in [0, 0.05) is 24.4 Å². The van der Waals surface area contributed by atoms with Gasteiger partial charge in [-0.2, -0.15) is 0 Å². The Labute approximate surface area is 170 Å². The normalized spacial score (nSPS) is 11.9. The van der Waals surface area contributed by atoms with E-state index in [-0.39, 0.29) is 24.0 Å². The molecule has 144 valence electrons. The fourth-order valence-corrected chi connectivity index (χ4v) is 3.78. The van der Waals surface area contributed by atoms with Crippen LogP contribution < -0.4 is 5.32 Å². The van der Waals surface area contributed by atoms with E-state index in [9.17, 15) is 9.90 Å². The van der Waals surface area contributed by atoms with Gasteiger partial charge in [-0.15, -0.1) is 0 Å². The predicted octanol–water partition coefficient (Wildman–Crippen LogP) is 5.38. The molecule has 3 nitrogen and oxygen atoms in total. The molecular weight excluding hydrogens is 358 g/mol. The summed E-state index contributed by atoms with van der Waals surface area (Å²) < 4.78 is 0. The largest absolute Gasteiger partial charge is 0.508 e. The zero-order chi connectivity index (χ0) is 20.1. The van der Waals surface area contributed by atoms with E-state index in [0.29, 0.717) is 6.54 Å². The van der Waals surface area contributed by atoms with Gasteiger partial charge < -0.3 is 10.4 Å². The fraction of sp³-hybridized carbons (Fsp3) is 0.115. The summed E-state index contributed by atoms with van der Waals surface area (Å²) in [4.78, 5) is 12.8. The first-order chi connectivity index (χ1) is 14.2. The standard InChI is InChI=1S/C26H23NO2/c28-24-16-15-21-13-7-8-14-22(21)26(24)23(20-11-5-2-6-12-20)17-25(29)27-18-19-9-3-1-4-10-19/h1-16,23,28H,17-18H2,(H,27,29). The third-order valence-corrected chi connectivity index (χ3v) is 5.22. The van der Waals surface area contributed by atoms with E-state index in [1.54, 1.807) is 6.07 Å². The molecule has 0 bridgehead atoms. The van der Waals surface area contributed by atoms with Crippen molar-refractivity contribution in [3.05, 3.63) is 114 Å². The van der Waals surface area contributed by atoms with Crippen molar-refractivity contribution in [2.24, 2.45) is 0 Å². The molecule has 0 aromatic heterocycles. The number of nitrogens with one attached hydrogen (secondary N) is 1. The Balaban J connectivity index is 1.67. The molecule has 0 saturated carbocycles. The lowest BCUT2D eigenvalue weighted by molar-refractivity contribution is -0.121. The number of hydrogen-bond donors (Lipinski definition) is 2. The molecule has 0 fully saturated rings. The van der Waals surface area contributed by atoms with Crippen LogP contribution in [0.3, 0.4) is 0 Å². The summed E-state index contributed by atoms with van der Waals surface area (Å²) in [7, 11) is 0. The van der Waals surface area contributed by atoms with Gasteiger partial charge in [0.25, 0.3) is 0 Å². The van der Waals surface area contributed by atoms with Gasteiger partial charge in [-0.1, -0.05) is 91.0 Å². The van der Waals surface area contributed by atoms with E-state index in [2.05, 4.69) is 5.32 Å². The molecule has 29 heavy (non-hydrogen) atoms. The van der Waals surface area contributed by atoms with Crippen LogP contribution >= 0.6 is 0 Å². The van der Waals surface area contributed by atoms with E-state index in [4.69, 9.17) is 0 Å². The number of phenolic OH excluding ortho intramolecular Hbond substituents is 1. The lowest BCUT2D eigenvalue weighted by Gasteiger charge is -2.21. The summed E-state index contributed by atoms with van der Waals surface area (Å²) in [5.74, 6) is -0.0680. The van der Waals surface area contributed by atoms with Crippen LogP contribution in [0.25, 0.3) is 10.8 Å². The van der Waals surface area contributed by atoms with Crippen LogP contribution in [0.1, 0.15) is 29.0 Å². The van der Waals surface area contributed by atoms with Gasteiger partial charge in [0.2, 0.25) is 5.91 Å². The Hall–Kier alpha value is -3.59. The monoisotopic (exact) mass is 381 g/mol. The van der Waals surface area contributed by atoms with E-state index >= 15 is 0 Å². The summed E-state index contributed by atoms with van der Waals surface area (Å²) in [6, 6.07) is 31.4. The molecule has 4 rings (SSSR count). The maximum Gasteiger partial charge on any atom is 0.221 e. The lowest BCUT2D eigenvalue weighted by atomic mass is 9.84. The van der Waals surface area contributed by atoms with Crippen molar-refractivity contribution in [3.8, 4) is 5.75 Å². The Morgan fingerprint density at radius 2 is 1.45 bits per heavy atom. The minimum atomic E-state index is -0.238. The Kier molecular flexibility index (Phi) is 5.57. The summed E-state index contributed by atoms with van der Waals surface area (Å²) in [6.07, 6.45) is 0.262. The average Bonchev–Trinajstić information content (AvgIpc) is 2.78. The van der Waals surface area contributed by atoms with E-state index in [1.165, 1.54) is 0 Å². The number of rotatable bonds is 6. The minimum Gasteiger partial charge on any atom is -0.508 e. The maximum absolute atomic E-state index is 12.8. The van der Waals surface area contributed by atoms with E-state index < -0.39 is 0 Å². The minimum absolute atomic E-state index is 0.0463. The van der Waals surface area contributed by atoms with Gasteiger partial charge in [-0.05, 0) is 28.0 Å². The summed E-state index contributed by atoms with van der Waals surface area (Å²) in [5, 5.41) is 15.8. The van der Waals surface area contributed by atoms with Crippen LogP contribution in [-0.2, 0) is 11.3 Å². The molecule has 2 N–H and O–H groups in total. The highest BCUT2D eigenvalue weighted by molar-refractivity contribution is 5.89. The number of fused-ring (bicyclic) bond motifs is 1. The maximum atomic E-state index is 12.8. The quantitative estimate of drug-likeness (QED) is 0.471. The summed E-state index contributed by atoms with van der Waals surface area (Å²) in [6.45, 7) is 0.489. The molecule has 0 saturated heterocycles. The molecular formula is C26H23NO2. The van der Waals surface area contributed by atoms with Crippen LogP contribution in [0.15, 0.2) is 97.1 Å². The summed E-state index contributed by atoms with van der Waals surface area (Å²) in [5.41, 5.74) is 2.86. The lowest BCUT2D eigenvalue weighted by Crippen LogP contribution is -2.25. The number of phenols is 1. The summed E-state index contributed by atoms with van der Waals surface area (Å²) >= 11 is 0. The molecule has 4 aromatic carbocycles. The molecule has 0 aliphatic heterocycles. The Morgan fingerprint density at radius 1 is 0.793 bits per heavy atom. The van der Waals surface area contributed by atoms with Gasteiger partial charge in [0.15, 0.2) is 0 Å². The molecule has 3 heteroatoms. The molecule has 0 spiro atoms. The highest BCUT2D eigenvalue weighted by atomic mass is 16.3. The molecule has 1 unspecified atom stereocenters. The first-order valence-corrected chi connectivity index (χ1v) is 9.78. The molecule has 4 aromatic rings. The third-order valence-electron chi connectivity index (χ3n) is 5.22. The number of carbonyl (C=O) groups is 1. The Bertz CT molecular complexity index is 1110. The average molecular weight is 381 g/mol. The van der Waals surface area contributed by atoms with Crippen LogP contribution in [-0.4, -0.2) is 11.0 Å². The van der Waals surface area contributed by atoms with Crippen molar-refractivity contribution in [1.29, 1.82) is 0 Å². The molecule has 1 atom stereocenters. The Morgan fingerprint density at radius 3 is 2.21 bits per heavy atom. The number of hydrogen-bond acceptors (Lipinski definition) is 2. The zero-order valence-electron chi connectivity index (χ0n) is 16.1. The van der Waals surface area contributed by atoms with Crippen molar-refractivity contribution in [3.63, 3.8) is 0 Å². The highest BCUT2D eigenvalue weighted by Gasteiger charge is 2.23. The molecule has 0 radical (unpaired) electrons. The first kappa shape index (κ1) is 18.8. The number of carbonyl (C=O) groups excluding carboxylic acids is 1. The van der Waals surface area contributed by atoms with Crippen LogP contribution in [0.2, 0.25) is 0 Å². The topological polar surface area (TPSA) is 49.3 Å². The van der Waals surface area contributed by atoms with Crippen LogP contribution in [0.4, 0.5) is 0 Å². The second-order valence-corrected chi connectivity index (χ2v) is 7.15. The van der Waals surface area contributed by atoms with E-state index in [0.717, 1.165) is 27.5 Å². The van der Waals surface area contributed by atoms with Gasteiger partial charge in [0.1, 0.15) is 5.75 Å². The van der Waals surface area contributed by atoms with Crippen molar-refractivity contribution >= 4 is 16.7 Å². The highest BCUT2D eigenvalue weighted by Crippen LogP contribution is 2.39. The van der Waals surface area contributed by atoms with E-state index in [1.807, 2.05) is 91.0 Å². The van der Waals surface area contributed by atoms with Crippen molar-refractivity contribution in [2.75, 3.05) is 0 Å². The molecule has 0 heterocycles. The van der Waals surface area contributed by atoms with Crippen molar-refractivity contribution in [2.45, 2.75) is 18.9 Å². The third kappa shape index (κ3) is 4.30.